The Morgan fingerprint density at radius 3 is 2.81 bits per heavy atom. The average molecular weight is 259 g/mol. The SMILES string of the molecule is O=C(NCc1ccc(Cl)s1)NC1CCCC1. The van der Waals surface area contributed by atoms with Crippen LogP contribution in [0.25, 0.3) is 0 Å². The van der Waals surface area contributed by atoms with Gasteiger partial charge in [0, 0.05) is 10.9 Å². The molecule has 1 aliphatic carbocycles. The molecule has 0 spiro atoms. The van der Waals surface area contributed by atoms with E-state index >= 15 is 0 Å². The molecule has 0 radical (unpaired) electrons. The summed E-state index contributed by atoms with van der Waals surface area (Å²) in [6.45, 7) is 0.552. The van der Waals surface area contributed by atoms with Gasteiger partial charge in [0.1, 0.15) is 0 Å². The van der Waals surface area contributed by atoms with Crippen molar-refractivity contribution in [1.82, 2.24) is 10.6 Å². The lowest BCUT2D eigenvalue weighted by molar-refractivity contribution is 0.237. The molecule has 2 N–H and O–H groups in total. The van der Waals surface area contributed by atoms with Gasteiger partial charge in [0.2, 0.25) is 0 Å². The van der Waals surface area contributed by atoms with Crippen molar-refractivity contribution in [3.8, 4) is 0 Å². The Balaban J connectivity index is 1.71. The molecule has 0 bridgehead atoms. The summed E-state index contributed by atoms with van der Waals surface area (Å²) >= 11 is 7.30. The van der Waals surface area contributed by atoms with Crippen molar-refractivity contribution in [3.05, 3.63) is 21.3 Å². The fourth-order valence-corrected chi connectivity index (χ4v) is 2.95. The zero-order valence-electron chi connectivity index (χ0n) is 8.96. The van der Waals surface area contributed by atoms with Crippen molar-refractivity contribution >= 4 is 29.0 Å². The van der Waals surface area contributed by atoms with E-state index in [0.29, 0.717) is 12.6 Å². The van der Waals surface area contributed by atoms with E-state index in [-0.39, 0.29) is 6.03 Å². The van der Waals surface area contributed by atoms with Crippen LogP contribution in [-0.2, 0) is 6.54 Å². The van der Waals surface area contributed by atoms with Gasteiger partial charge in [-0.25, -0.2) is 4.79 Å². The lowest BCUT2D eigenvalue weighted by Gasteiger charge is -2.12. The molecule has 1 aromatic rings. The van der Waals surface area contributed by atoms with E-state index < -0.39 is 0 Å². The van der Waals surface area contributed by atoms with Crippen LogP contribution in [0.1, 0.15) is 30.6 Å². The number of nitrogens with one attached hydrogen (secondary N) is 2. The Hall–Kier alpha value is -0.740. The van der Waals surface area contributed by atoms with Gasteiger partial charge < -0.3 is 10.6 Å². The number of halogens is 1. The predicted octanol–water partition coefficient (Wildman–Crippen LogP) is 3.14. The number of amides is 2. The van der Waals surface area contributed by atoms with E-state index in [0.717, 1.165) is 22.1 Å². The molecule has 0 aromatic carbocycles. The lowest BCUT2D eigenvalue weighted by atomic mass is 10.2. The van der Waals surface area contributed by atoms with E-state index in [9.17, 15) is 4.79 Å². The molecular formula is C11H15ClN2OS. The van der Waals surface area contributed by atoms with Crippen molar-refractivity contribution in [3.63, 3.8) is 0 Å². The molecule has 1 aromatic heterocycles. The summed E-state index contributed by atoms with van der Waals surface area (Å²) in [4.78, 5) is 12.6. The number of hydrogen-bond donors (Lipinski definition) is 2. The summed E-state index contributed by atoms with van der Waals surface area (Å²) in [6.07, 6.45) is 4.67. The second kappa shape index (κ2) is 5.55. The minimum atomic E-state index is -0.0728. The summed E-state index contributed by atoms with van der Waals surface area (Å²) in [5.41, 5.74) is 0. The standard InChI is InChI=1S/C11H15ClN2OS/c12-10-6-5-9(16-10)7-13-11(15)14-8-3-1-2-4-8/h5-6,8H,1-4,7H2,(H2,13,14,15). The molecule has 16 heavy (non-hydrogen) atoms. The topological polar surface area (TPSA) is 41.1 Å². The quantitative estimate of drug-likeness (QED) is 0.859. The molecule has 0 saturated heterocycles. The van der Waals surface area contributed by atoms with Crippen LogP contribution in [0.3, 0.4) is 0 Å². The second-order valence-corrected chi connectivity index (χ2v) is 5.81. The molecule has 2 rings (SSSR count). The Labute approximate surface area is 104 Å². The second-order valence-electron chi connectivity index (χ2n) is 4.01. The third-order valence-electron chi connectivity index (χ3n) is 2.74. The van der Waals surface area contributed by atoms with Gasteiger partial charge in [-0.05, 0) is 25.0 Å². The van der Waals surface area contributed by atoms with Crippen LogP contribution in [0.15, 0.2) is 12.1 Å². The van der Waals surface area contributed by atoms with Crippen molar-refractivity contribution < 1.29 is 4.79 Å². The molecule has 0 atom stereocenters. The summed E-state index contributed by atoms with van der Waals surface area (Å²) < 4.78 is 0.757. The highest BCUT2D eigenvalue weighted by Gasteiger charge is 2.16. The Morgan fingerprint density at radius 1 is 1.44 bits per heavy atom. The van der Waals surface area contributed by atoms with Crippen molar-refractivity contribution in [2.75, 3.05) is 0 Å². The van der Waals surface area contributed by atoms with Crippen LogP contribution in [-0.4, -0.2) is 12.1 Å². The molecular weight excluding hydrogens is 244 g/mol. The Bertz CT molecular complexity index is 361. The summed E-state index contributed by atoms with van der Waals surface area (Å²) in [5, 5.41) is 5.82. The monoisotopic (exact) mass is 258 g/mol. The average Bonchev–Trinajstić information content (AvgIpc) is 2.87. The zero-order chi connectivity index (χ0) is 11.4. The van der Waals surface area contributed by atoms with Crippen LogP contribution < -0.4 is 10.6 Å². The fourth-order valence-electron chi connectivity index (χ4n) is 1.92. The van der Waals surface area contributed by atoms with Gasteiger partial charge >= 0.3 is 6.03 Å². The van der Waals surface area contributed by atoms with Crippen LogP contribution >= 0.6 is 22.9 Å². The van der Waals surface area contributed by atoms with Crippen LogP contribution in [0.5, 0.6) is 0 Å². The highest BCUT2D eigenvalue weighted by molar-refractivity contribution is 7.16. The summed E-state index contributed by atoms with van der Waals surface area (Å²) in [5.74, 6) is 0. The van der Waals surface area contributed by atoms with E-state index in [4.69, 9.17) is 11.6 Å². The maximum Gasteiger partial charge on any atom is 0.315 e. The van der Waals surface area contributed by atoms with Crippen LogP contribution in [0, 0.1) is 0 Å². The third kappa shape index (κ3) is 3.39. The number of urea groups is 1. The van der Waals surface area contributed by atoms with Crippen molar-refractivity contribution in [2.45, 2.75) is 38.3 Å². The largest absolute Gasteiger partial charge is 0.335 e. The molecule has 1 saturated carbocycles. The van der Waals surface area contributed by atoms with Crippen LogP contribution in [0.4, 0.5) is 4.79 Å². The fraction of sp³-hybridized carbons (Fsp3) is 0.545. The van der Waals surface area contributed by atoms with Gasteiger partial charge in [0.15, 0.2) is 0 Å². The number of hydrogen-bond acceptors (Lipinski definition) is 2. The van der Waals surface area contributed by atoms with Gasteiger partial charge in [-0.1, -0.05) is 24.4 Å². The number of carbonyl (C=O) groups excluding carboxylic acids is 1. The van der Waals surface area contributed by atoms with Gasteiger partial charge in [0.25, 0.3) is 0 Å². The molecule has 0 aliphatic heterocycles. The normalized spacial score (nSPS) is 16.3. The molecule has 1 heterocycles. The molecule has 3 nitrogen and oxygen atoms in total. The Morgan fingerprint density at radius 2 is 2.19 bits per heavy atom. The minimum absolute atomic E-state index is 0.0728. The number of rotatable bonds is 3. The number of carbonyl (C=O) groups is 1. The van der Waals surface area contributed by atoms with E-state index in [1.165, 1.54) is 24.2 Å². The van der Waals surface area contributed by atoms with Crippen LogP contribution in [0.2, 0.25) is 4.34 Å². The molecule has 5 heteroatoms. The molecule has 1 aliphatic rings. The summed E-state index contributed by atoms with van der Waals surface area (Å²) in [6, 6.07) is 4.07. The first kappa shape index (κ1) is 11.7. The first-order valence-electron chi connectivity index (χ1n) is 5.52. The maximum absolute atomic E-state index is 11.5. The third-order valence-corrected chi connectivity index (χ3v) is 3.97. The number of thiophene rings is 1. The first-order valence-corrected chi connectivity index (χ1v) is 6.72. The summed E-state index contributed by atoms with van der Waals surface area (Å²) in [7, 11) is 0. The van der Waals surface area contributed by atoms with Gasteiger partial charge in [0.05, 0.1) is 10.9 Å². The smallest absolute Gasteiger partial charge is 0.315 e. The van der Waals surface area contributed by atoms with Gasteiger partial charge in [-0.3, -0.25) is 0 Å². The van der Waals surface area contributed by atoms with E-state index in [1.807, 2.05) is 12.1 Å². The van der Waals surface area contributed by atoms with Crippen molar-refractivity contribution in [2.24, 2.45) is 0 Å². The minimum Gasteiger partial charge on any atom is -0.335 e. The Kier molecular flexibility index (Phi) is 4.07. The van der Waals surface area contributed by atoms with E-state index in [2.05, 4.69) is 10.6 Å². The maximum atomic E-state index is 11.5. The molecule has 0 unspecified atom stereocenters. The molecule has 88 valence electrons. The highest BCUT2D eigenvalue weighted by atomic mass is 35.5. The molecule has 1 fully saturated rings. The zero-order valence-corrected chi connectivity index (χ0v) is 10.5. The predicted molar refractivity (Wildman–Crippen MR) is 67.0 cm³/mol. The highest BCUT2D eigenvalue weighted by Crippen LogP contribution is 2.21. The molecule has 2 amide bonds. The van der Waals surface area contributed by atoms with Gasteiger partial charge in [-0.15, -0.1) is 11.3 Å². The van der Waals surface area contributed by atoms with Crippen molar-refractivity contribution in [1.29, 1.82) is 0 Å². The van der Waals surface area contributed by atoms with E-state index in [1.54, 1.807) is 0 Å². The van der Waals surface area contributed by atoms with Gasteiger partial charge in [-0.2, -0.15) is 0 Å². The first-order chi connectivity index (χ1) is 7.74. The lowest BCUT2D eigenvalue weighted by Crippen LogP contribution is -2.40.